The second-order valence-corrected chi connectivity index (χ2v) is 15.4. The highest BCUT2D eigenvalue weighted by Gasteiger charge is 2.34. The number of ketones is 2. The number of likely N-dealkylation sites (N-methyl/N-ethyl adjacent to an activating group) is 1. The van der Waals surface area contributed by atoms with Crippen LogP contribution >= 0.6 is 11.8 Å². The number of ether oxygens (including phenoxy) is 1. The van der Waals surface area contributed by atoms with Gasteiger partial charge in [0.05, 0.1) is 24.9 Å². The number of fused-ring (bicyclic) bond motifs is 3. The number of amides is 1. The van der Waals surface area contributed by atoms with Gasteiger partial charge in [-0.15, -0.1) is 0 Å². The lowest BCUT2D eigenvalue weighted by Gasteiger charge is -2.31. The monoisotopic (exact) mass is 776 g/mol. The molecular formula is C43H52N8O4S. The Labute approximate surface area is 332 Å². The maximum absolute atomic E-state index is 14.7. The van der Waals surface area contributed by atoms with Crippen LogP contribution in [0.3, 0.4) is 0 Å². The Balaban J connectivity index is 1.43. The number of pyridine rings is 3. The molecule has 0 spiro atoms. The van der Waals surface area contributed by atoms with Crippen LogP contribution in [0.4, 0.5) is 0 Å². The third kappa shape index (κ3) is 10.1. The van der Waals surface area contributed by atoms with Gasteiger partial charge in [0.1, 0.15) is 5.03 Å². The van der Waals surface area contributed by atoms with E-state index in [1.165, 1.54) is 11.8 Å². The fourth-order valence-electron chi connectivity index (χ4n) is 7.37. The number of hydrogen-bond donors (Lipinski definition) is 4. The molecular weight excluding hydrogens is 725 g/mol. The molecule has 6 rings (SSSR count). The molecule has 0 aliphatic carbocycles. The molecule has 0 bridgehead atoms. The van der Waals surface area contributed by atoms with Crippen molar-refractivity contribution in [3.8, 4) is 17.1 Å². The smallest absolute Gasteiger partial charge is 0.226 e. The molecule has 1 aromatic carbocycles. The number of H-pyrrole nitrogens is 1. The van der Waals surface area contributed by atoms with E-state index in [0.29, 0.717) is 64.0 Å². The van der Waals surface area contributed by atoms with E-state index in [-0.39, 0.29) is 30.3 Å². The van der Waals surface area contributed by atoms with Crippen molar-refractivity contribution >= 4 is 40.1 Å². The van der Waals surface area contributed by atoms with Crippen molar-refractivity contribution in [2.45, 2.75) is 86.3 Å². The summed E-state index contributed by atoms with van der Waals surface area (Å²) in [5, 5.41) is 5.28. The number of nitrogens with one attached hydrogen (secondary N) is 2. The Hall–Kier alpha value is -4.95. The first kappa shape index (κ1) is 40.7. The number of carbonyl (C=O) groups is 3. The van der Waals surface area contributed by atoms with Crippen LogP contribution in [0.25, 0.3) is 22.2 Å². The number of benzene rings is 1. The first-order valence-corrected chi connectivity index (χ1v) is 20.2. The number of nitrogens with two attached hydrogens (primary N) is 2. The summed E-state index contributed by atoms with van der Waals surface area (Å²) in [7, 11) is 3.28. The molecule has 0 unspecified atom stereocenters. The van der Waals surface area contributed by atoms with Gasteiger partial charge in [-0.3, -0.25) is 19.4 Å². The van der Waals surface area contributed by atoms with E-state index in [0.717, 1.165) is 55.2 Å². The lowest BCUT2D eigenvalue weighted by molar-refractivity contribution is -0.143. The zero-order chi connectivity index (χ0) is 39.4. The Morgan fingerprint density at radius 1 is 0.893 bits per heavy atom. The molecule has 13 heteroatoms. The highest BCUT2D eigenvalue weighted by Crippen LogP contribution is 2.35. The summed E-state index contributed by atoms with van der Waals surface area (Å²) in [5.74, 6) is -0.455. The quantitative estimate of drug-likeness (QED) is 0.121. The molecule has 0 saturated carbocycles. The fraction of sp³-hybridized carbons (Fsp3) is 0.395. The normalized spacial score (nSPS) is 18.8. The Kier molecular flexibility index (Phi) is 14.4. The van der Waals surface area contributed by atoms with Crippen LogP contribution in [-0.4, -0.2) is 81.6 Å². The highest BCUT2D eigenvalue weighted by atomic mass is 32.2. The first-order valence-electron chi connectivity index (χ1n) is 19.4. The molecule has 1 aliphatic rings. The second kappa shape index (κ2) is 19.8. The Morgan fingerprint density at radius 2 is 1.73 bits per heavy atom. The van der Waals surface area contributed by atoms with Gasteiger partial charge in [0.2, 0.25) is 11.8 Å². The molecule has 12 nitrogen and oxygen atoms in total. The molecule has 0 saturated heterocycles. The molecule has 294 valence electrons. The van der Waals surface area contributed by atoms with Gasteiger partial charge in [0, 0.05) is 91.0 Å². The number of aryl methyl sites for hydroxylation is 1. The Bertz CT molecular complexity index is 2120. The average Bonchev–Trinajstić information content (AvgIpc) is 3.64. The molecule has 1 amide bonds. The van der Waals surface area contributed by atoms with Gasteiger partial charge >= 0.3 is 0 Å². The number of hydrogen-bond acceptors (Lipinski definition) is 11. The van der Waals surface area contributed by atoms with Gasteiger partial charge in [0.25, 0.3) is 0 Å². The van der Waals surface area contributed by atoms with Crippen molar-refractivity contribution in [3.63, 3.8) is 0 Å². The SMILES string of the molecule is COc1cc(-c2cc3c(cn2)Sc2ncccc2CN[C@@H](CCCN)C(=O)C[C@@H](CCCCN)C(=O)N(C)[C@@H](Cc2c[nH]c4ccccc24)C(=O)CC3)ccn1. The van der Waals surface area contributed by atoms with Crippen LogP contribution in [0, 0.1) is 5.92 Å². The largest absolute Gasteiger partial charge is 0.481 e. The summed E-state index contributed by atoms with van der Waals surface area (Å²) < 4.78 is 5.39. The zero-order valence-electron chi connectivity index (χ0n) is 32.2. The van der Waals surface area contributed by atoms with Gasteiger partial charge in [-0.2, -0.15) is 0 Å². The summed E-state index contributed by atoms with van der Waals surface area (Å²) in [5.41, 5.74) is 17.1. The summed E-state index contributed by atoms with van der Waals surface area (Å²) >= 11 is 1.49. The van der Waals surface area contributed by atoms with E-state index in [2.05, 4.69) is 15.3 Å². The molecule has 6 N–H and O–H groups in total. The van der Waals surface area contributed by atoms with Gasteiger partial charge in [-0.1, -0.05) is 42.4 Å². The molecule has 5 aromatic rings. The van der Waals surface area contributed by atoms with Crippen LogP contribution in [0.1, 0.15) is 61.6 Å². The lowest BCUT2D eigenvalue weighted by Crippen LogP contribution is -2.47. The number of aromatic nitrogens is 4. The number of unbranched alkanes of at least 4 members (excludes halogenated alkanes) is 1. The van der Waals surface area contributed by atoms with Gasteiger partial charge < -0.3 is 31.4 Å². The standard InChI is InChI=1S/C43H52N8O4S/c1-51-37(22-32-26-48-34-12-4-3-11-33(32)34)38(52)15-14-29-21-36(28-16-20-46-41(24-28)55-2)50-27-40(29)56-42-31(10-8-19-47-42)25-49-35(13-7-18-45)39(53)23-30(43(51)54)9-5-6-17-44/h3-4,8,10-12,16,19-21,24,26-27,30,35,37,48-49H,5-7,9,13-15,17-18,22-23,25,44-45H2,1-2H3/t30-,35+,37+/m1/s1. The number of para-hydroxylation sites is 1. The summed E-state index contributed by atoms with van der Waals surface area (Å²) in [4.78, 5) is 63.1. The van der Waals surface area contributed by atoms with E-state index in [1.54, 1.807) is 31.5 Å². The van der Waals surface area contributed by atoms with Crippen LogP contribution < -0.4 is 21.5 Å². The highest BCUT2D eigenvalue weighted by molar-refractivity contribution is 7.99. The topological polar surface area (TPSA) is 182 Å². The van der Waals surface area contributed by atoms with Crippen LogP contribution in [0.2, 0.25) is 0 Å². The van der Waals surface area contributed by atoms with Crippen molar-refractivity contribution in [1.29, 1.82) is 0 Å². The summed E-state index contributed by atoms with van der Waals surface area (Å²) in [6, 6.07) is 16.3. The van der Waals surface area contributed by atoms with E-state index in [4.69, 9.17) is 26.2 Å². The maximum atomic E-state index is 14.7. The average molecular weight is 777 g/mol. The van der Waals surface area contributed by atoms with Gasteiger partial charge in [0.15, 0.2) is 11.6 Å². The van der Waals surface area contributed by atoms with E-state index in [9.17, 15) is 14.4 Å². The van der Waals surface area contributed by atoms with Crippen LogP contribution in [0.15, 0.2) is 89.3 Å². The predicted octanol–water partition coefficient (Wildman–Crippen LogP) is 5.67. The third-order valence-corrected chi connectivity index (χ3v) is 11.7. The minimum atomic E-state index is -0.764. The first-order chi connectivity index (χ1) is 27.3. The second-order valence-electron chi connectivity index (χ2n) is 14.3. The van der Waals surface area contributed by atoms with Crippen molar-refractivity contribution in [2.24, 2.45) is 17.4 Å². The summed E-state index contributed by atoms with van der Waals surface area (Å²) in [6.07, 6.45) is 11.3. The molecule has 1 aliphatic heterocycles. The minimum Gasteiger partial charge on any atom is -0.481 e. The fourth-order valence-corrected chi connectivity index (χ4v) is 8.36. The van der Waals surface area contributed by atoms with Crippen molar-refractivity contribution in [1.82, 2.24) is 30.2 Å². The molecule has 3 atom stereocenters. The van der Waals surface area contributed by atoms with E-state index >= 15 is 0 Å². The molecule has 4 aromatic heterocycles. The molecule has 0 fully saturated rings. The van der Waals surface area contributed by atoms with Crippen molar-refractivity contribution in [3.05, 3.63) is 96.1 Å². The number of nitrogens with zero attached hydrogens (tertiary/aromatic N) is 4. The van der Waals surface area contributed by atoms with Crippen LogP contribution in [0.5, 0.6) is 5.88 Å². The van der Waals surface area contributed by atoms with E-state index < -0.39 is 18.0 Å². The van der Waals surface area contributed by atoms with Gasteiger partial charge in [-0.05, 0) is 86.1 Å². The Morgan fingerprint density at radius 3 is 2.55 bits per heavy atom. The maximum Gasteiger partial charge on any atom is 0.226 e. The van der Waals surface area contributed by atoms with Crippen LogP contribution in [-0.2, 0) is 33.8 Å². The minimum absolute atomic E-state index is 0.0466. The zero-order valence-corrected chi connectivity index (χ0v) is 33.0. The number of methoxy groups -OCH3 is 1. The third-order valence-electron chi connectivity index (χ3n) is 10.6. The van der Waals surface area contributed by atoms with Crippen molar-refractivity contribution < 1.29 is 19.1 Å². The number of carbonyl (C=O) groups excluding carboxylic acids is 3. The number of rotatable bonds is 11. The molecule has 56 heavy (non-hydrogen) atoms. The van der Waals surface area contributed by atoms with Gasteiger partial charge in [-0.25, -0.2) is 9.97 Å². The predicted molar refractivity (Wildman–Crippen MR) is 219 cm³/mol. The van der Waals surface area contributed by atoms with E-state index in [1.807, 2.05) is 67.0 Å². The van der Waals surface area contributed by atoms with Crippen molar-refractivity contribution in [2.75, 3.05) is 27.2 Å². The molecule has 5 heterocycles. The summed E-state index contributed by atoms with van der Waals surface area (Å²) in [6.45, 7) is 1.33. The number of aromatic amines is 1. The number of Topliss-reactive ketones (excluding diaryl/α,β-unsaturated/α-hetero) is 2. The lowest BCUT2D eigenvalue weighted by atomic mass is 9.89. The molecule has 0 radical (unpaired) electrons.